The van der Waals surface area contributed by atoms with Crippen LogP contribution in [0, 0.1) is 0 Å². The van der Waals surface area contributed by atoms with E-state index in [0.717, 1.165) is 11.5 Å². The molecule has 1 aliphatic rings. The molecule has 1 heterocycles. The third-order valence-corrected chi connectivity index (χ3v) is 1.52. The number of rotatable bonds is 1. The molecule has 0 aliphatic carbocycles. The van der Waals surface area contributed by atoms with Crippen LogP contribution in [0.25, 0.3) is 0 Å². The highest BCUT2D eigenvalue weighted by atomic mass is 16.5. The molecule has 3 heteroatoms. The smallest absolute Gasteiger partial charge is 0.143 e. The van der Waals surface area contributed by atoms with Gasteiger partial charge in [0.15, 0.2) is 0 Å². The van der Waals surface area contributed by atoms with Gasteiger partial charge in [-0.2, -0.15) is 0 Å². The van der Waals surface area contributed by atoms with Crippen molar-refractivity contribution < 1.29 is 4.74 Å². The van der Waals surface area contributed by atoms with E-state index < -0.39 is 0 Å². The largest absolute Gasteiger partial charge is 0.495 e. The average Bonchev–Trinajstić information content (AvgIpc) is 2.04. The Hall–Kier alpha value is -1.22. The summed E-state index contributed by atoms with van der Waals surface area (Å²) in [7, 11) is 1.63. The van der Waals surface area contributed by atoms with Gasteiger partial charge in [0.2, 0.25) is 0 Å². The van der Waals surface area contributed by atoms with Gasteiger partial charge in [-0.25, -0.2) is 5.84 Å². The van der Waals surface area contributed by atoms with Crippen LogP contribution in [0.3, 0.4) is 0 Å². The van der Waals surface area contributed by atoms with Gasteiger partial charge in [0.1, 0.15) is 5.76 Å². The molecule has 0 aromatic carbocycles. The standard InChI is InChI=1S/C8H12N2O/c1-3-7-8(11-2)5-4-6-10(7)9/h3-6H,9H2,1-2H3/b7-3-. The minimum Gasteiger partial charge on any atom is -0.495 e. The lowest BCUT2D eigenvalue weighted by Crippen LogP contribution is -2.27. The molecule has 1 rings (SSSR count). The fourth-order valence-corrected chi connectivity index (χ4v) is 0.980. The second kappa shape index (κ2) is 3.25. The van der Waals surface area contributed by atoms with E-state index >= 15 is 0 Å². The Balaban J connectivity index is 2.91. The van der Waals surface area contributed by atoms with Crippen LogP contribution in [0.1, 0.15) is 6.92 Å². The van der Waals surface area contributed by atoms with Gasteiger partial charge in [-0.1, -0.05) is 6.08 Å². The van der Waals surface area contributed by atoms with E-state index in [4.69, 9.17) is 10.6 Å². The first kappa shape index (κ1) is 7.88. The Labute approximate surface area is 66.4 Å². The molecule has 0 bridgehead atoms. The molecule has 0 saturated heterocycles. The molecule has 0 atom stereocenters. The molecule has 0 spiro atoms. The Morgan fingerprint density at radius 1 is 1.64 bits per heavy atom. The fraction of sp³-hybridized carbons (Fsp3) is 0.250. The van der Waals surface area contributed by atoms with Gasteiger partial charge >= 0.3 is 0 Å². The monoisotopic (exact) mass is 152 g/mol. The molecule has 2 N–H and O–H groups in total. The second-order valence-electron chi connectivity index (χ2n) is 2.16. The molecule has 0 radical (unpaired) electrons. The maximum absolute atomic E-state index is 5.61. The highest BCUT2D eigenvalue weighted by Gasteiger charge is 2.10. The molecule has 0 aromatic heterocycles. The zero-order valence-electron chi connectivity index (χ0n) is 6.74. The zero-order valence-corrected chi connectivity index (χ0v) is 6.74. The number of hydrogen-bond acceptors (Lipinski definition) is 3. The summed E-state index contributed by atoms with van der Waals surface area (Å²) in [5.74, 6) is 6.40. The van der Waals surface area contributed by atoms with Crippen molar-refractivity contribution in [3.8, 4) is 0 Å². The summed E-state index contributed by atoms with van der Waals surface area (Å²) in [6.07, 6.45) is 7.39. The van der Waals surface area contributed by atoms with Crippen LogP contribution >= 0.6 is 0 Å². The van der Waals surface area contributed by atoms with Crippen LogP contribution in [0.15, 0.2) is 35.9 Å². The van der Waals surface area contributed by atoms with Gasteiger partial charge < -0.3 is 4.74 Å². The van der Waals surface area contributed by atoms with Crippen molar-refractivity contribution in [3.05, 3.63) is 35.9 Å². The third-order valence-electron chi connectivity index (χ3n) is 1.52. The van der Waals surface area contributed by atoms with E-state index in [1.165, 1.54) is 5.01 Å². The van der Waals surface area contributed by atoms with Crippen molar-refractivity contribution in [1.82, 2.24) is 5.01 Å². The quantitative estimate of drug-likeness (QED) is 0.572. The Bertz CT molecular complexity index is 228. The summed E-state index contributed by atoms with van der Waals surface area (Å²) in [6.45, 7) is 1.92. The minimum atomic E-state index is 0.789. The molecule has 60 valence electrons. The van der Waals surface area contributed by atoms with Crippen molar-refractivity contribution in [3.63, 3.8) is 0 Å². The Morgan fingerprint density at radius 2 is 2.36 bits per heavy atom. The van der Waals surface area contributed by atoms with Crippen LogP contribution < -0.4 is 5.84 Å². The van der Waals surface area contributed by atoms with E-state index in [1.807, 2.05) is 25.2 Å². The molecule has 0 unspecified atom stereocenters. The fourth-order valence-electron chi connectivity index (χ4n) is 0.980. The van der Waals surface area contributed by atoms with Crippen LogP contribution in [-0.2, 0) is 4.74 Å². The van der Waals surface area contributed by atoms with Gasteiger partial charge in [0.05, 0.1) is 12.8 Å². The summed E-state index contributed by atoms with van der Waals surface area (Å²) in [6, 6.07) is 0. The lowest BCUT2D eigenvalue weighted by atomic mass is 10.2. The SMILES string of the molecule is C/C=C1/C(OC)=CC=CN1N. The summed E-state index contributed by atoms with van der Waals surface area (Å²) in [5.41, 5.74) is 0.884. The van der Waals surface area contributed by atoms with Crippen molar-refractivity contribution >= 4 is 0 Å². The van der Waals surface area contributed by atoms with Gasteiger partial charge in [-0.05, 0) is 19.1 Å². The van der Waals surface area contributed by atoms with E-state index in [-0.39, 0.29) is 0 Å². The number of hydrazine groups is 1. The Kier molecular flexibility index (Phi) is 2.33. The number of nitrogens with two attached hydrogens (primary N) is 1. The van der Waals surface area contributed by atoms with Gasteiger partial charge in [-0.15, -0.1) is 0 Å². The number of nitrogens with zero attached hydrogens (tertiary/aromatic N) is 1. The van der Waals surface area contributed by atoms with Crippen LogP contribution in [-0.4, -0.2) is 12.1 Å². The van der Waals surface area contributed by atoms with Crippen molar-refractivity contribution in [2.75, 3.05) is 7.11 Å². The summed E-state index contributed by atoms with van der Waals surface area (Å²) in [5, 5.41) is 1.53. The maximum Gasteiger partial charge on any atom is 0.143 e. The van der Waals surface area contributed by atoms with Crippen LogP contribution in [0.4, 0.5) is 0 Å². The summed E-state index contributed by atoms with van der Waals surface area (Å²) >= 11 is 0. The van der Waals surface area contributed by atoms with Gasteiger partial charge in [-0.3, -0.25) is 5.01 Å². The van der Waals surface area contributed by atoms with Gasteiger partial charge in [0, 0.05) is 6.20 Å². The predicted molar refractivity (Wildman–Crippen MR) is 44.0 cm³/mol. The van der Waals surface area contributed by atoms with Crippen molar-refractivity contribution in [1.29, 1.82) is 0 Å². The first-order valence-corrected chi connectivity index (χ1v) is 3.42. The predicted octanol–water partition coefficient (Wildman–Crippen LogP) is 1.12. The first-order valence-electron chi connectivity index (χ1n) is 3.42. The highest BCUT2D eigenvalue weighted by molar-refractivity contribution is 5.32. The molecule has 0 saturated carbocycles. The zero-order chi connectivity index (χ0) is 8.27. The molecular formula is C8H12N2O. The van der Waals surface area contributed by atoms with E-state index in [9.17, 15) is 0 Å². The van der Waals surface area contributed by atoms with Crippen molar-refractivity contribution in [2.45, 2.75) is 6.92 Å². The number of ether oxygens (including phenoxy) is 1. The Morgan fingerprint density at radius 3 is 2.82 bits per heavy atom. The van der Waals surface area contributed by atoms with Crippen LogP contribution in [0.5, 0.6) is 0 Å². The third kappa shape index (κ3) is 1.43. The lowest BCUT2D eigenvalue weighted by Gasteiger charge is -2.21. The minimum absolute atomic E-state index is 0.789. The molecule has 0 fully saturated rings. The number of hydrogen-bond donors (Lipinski definition) is 1. The maximum atomic E-state index is 5.61. The molecule has 11 heavy (non-hydrogen) atoms. The second-order valence-corrected chi connectivity index (χ2v) is 2.16. The molecular weight excluding hydrogens is 140 g/mol. The first-order chi connectivity index (χ1) is 5.29. The van der Waals surface area contributed by atoms with Crippen LogP contribution in [0.2, 0.25) is 0 Å². The normalized spacial score (nSPS) is 20.5. The van der Waals surface area contributed by atoms with E-state index in [2.05, 4.69) is 0 Å². The topological polar surface area (TPSA) is 38.5 Å². The van der Waals surface area contributed by atoms with E-state index in [0.29, 0.717) is 0 Å². The summed E-state index contributed by atoms with van der Waals surface area (Å²) < 4.78 is 5.08. The summed E-state index contributed by atoms with van der Waals surface area (Å²) in [4.78, 5) is 0. The lowest BCUT2D eigenvalue weighted by molar-refractivity contribution is 0.274. The van der Waals surface area contributed by atoms with Crippen molar-refractivity contribution in [2.24, 2.45) is 5.84 Å². The highest BCUT2D eigenvalue weighted by Crippen LogP contribution is 2.16. The molecule has 1 aliphatic heterocycles. The number of allylic oxidation sites excluding steroid dienone is 3. The molecule has 0 amide bonds. The number of methoxy groups -OCH3 is 1. The van der Waals surface area contributed by atoms with E-state index in [1.54, 1.807) is 13.3 Å². The van der Waals surface area contributed by atoms with Gasteiger partial charge in [0.25, 0.3) is 0 Å². The molecule has 0 aromatic rings. The molecule has 3 nitrogen and oxygen atoms in total. The average molecular weight is 152 g/mol.